The van der Waals surface area contributed by atoms with E-state index in [1.165, 1.54) is 5.38 Å². The van der Waals surface area contributed by atoms with E-state index in [1.54, 1.807) is 31.2 Å². The van der Waals surface area contributed by atoms with Gasteiger partial charge in [-0.15, -0.1) is 11.3 Å². The molecule has 7 nitrogen and oxygen atoms in total. The summed E-state index contributed by atoms with van der Waals surface area (Å²) in [6.45, 7) is 3.82. The third kappa shape index (κ3) is 5.63. The molecule has 0 atom stereocenters. The maximum atomic E-state index is 12.2. The summed E-state index contributed by atoms with van der Waals surface area (Å²) in [5.74, 6) is -1.02. The Balaban J connectivity index is 1.83. The minimum atomic E-state index is -3.41. The molecule has 1 aromatic carbocycles. The Morgan fingerprint density at radius 1 is 1.23 bits per heavy atom. The van der Waals surface area contributed by atoms with Crippen molar-refractivity contribution in [1.29, 1.82) is 0 Å². The molecular weight excluding hydrogens is 376 g/mol. The SMILES string of the molecule is CCOC(=O)c1csc(NC(=O)CCCS(=O)(=O)c2ccc(C)cc2)n1. The first-order chi connectivity index (χ1) is 12.3. The van der Waals surface area contributed by atoms with E-state index in [1.807, 2.05) is 6.92 Å². The van der Waals surface area contributed by atoms with Crippen LogP contribution in [0.4, 0.5) is 5.13 Å². The van der Waals surface area contributed by atoms with Crippen molar-refractivity contribution in [2.45, 2.75) is 31.6 Å². The zero-order chi connectivity index (χ0) is 19.2. The van der Waals surface area contributed by atoms with E-state index in [0.29, 0.717) is 0 Å². The number of benzene rings is 1. The Kier molecular flexibility index (Phi) is 6.87. The normalized spacial score (nSPS) is 11.2. The minimum Gasteiger partial charge on any atom is -0.461 e. The molecule has 26 heavy (non-hydrogen) atoms. The van der Waals surface area contributed by atoms with Crippen molar-refractivity contribution >= 4 is 38.2 Å². The molecule has 2 aromatic rings. The number of carbonyl (C=O) groups excluding carboxylic acids is 2. The van der Waals surface area contributed by atoms with E-state index >= 15 is 0 Å². The van der Waals surface area contributed by atoms with Crippen LogP contribution >= 0.6 is 11.3 Å². The number of nitrogens with zero attached hydrogens (tertiary/aromatic N) is 1. The smallest absolute Gasteiger partial charge is 0.357 e. The fourth-order valence-corrected chi connectivity index (χ4v) is 4.10. The van der Waals surface area contributed by atoms with Crippen LogP contribution in [0.5, 0.6) is 0 Å². The molecule has 0 saturated carbocycles. The summed E-state index contributed by atoms with van der Waals surface area (Å²) in [5.41, 5.74) is 1.11. The van der Waals surface area contributed by atoms with Gasteiger partial charge in [0.05, 0.1) is 17.3 Å². The highest BCUT2D eigenvalue weighted by molar-refractivity contribution is 7.91. The molecule has 0 aliphatic heterocycles. The predicted octanol–water partition coefficient (Wildman–Crippen LogP) is 2.82. The second kappa shape index (κ2) is 8.91. The first-order valence-electron chi connectivity index (χ1n) is 8.03. The number of amides is 1. The molecule has 0 aliphatic rings. The lowest BCUT2D eigenvalue weighted by molar-refractivity contribution is -0.116. The molecule has 0 bridgehead atoms. The Morgan fingerprint density at radius 2 is 1.92 bits per heavy atom. The van der Waals surface area contributed by atoms with E-state index in [4.69, 9.17) is 4.74 Å². The Bertz CT molecular complexity index is 873. The van der Waals surface area contributed by atoms with Gasteiger partial charge in [0.2, 0.25) is 5.91 Å². The summed E-state index contributed by atoms with van der Waals surface area (Å²) in [6, 6.07) is 6.61. The Morgan fingerprint density at radius 3 is 2.58 bits per heavy atom. The highest BCUT2D eigenvalue weighted by Gasteiger charge is 2.16. The molecule has 1 aromatic heterocycles. The van der Waals surface area contributed by atoms with Crippen molar-refractivity contribution in [2.24, 2.45) is 0 Å². The number of nitrogens with one attached hydrogen (secondary N) is 1. The molecule has 0 saturated heterocycles. The van der Waals surface area contributed by atoms with Gasteiger partial charge in [-0.25, -0.2) is 18.2 Å². The number of rotatable bonds is 8. The van der Waals surface area contributed by atoms with Gasteiger partial charge in [-0.1, -0.05) is 17.7 Å². The summed E-state index contributed by atoms with van der Waals surface area (Å²) in [4.78, 5) is 27.7. The molecule has 1 heterocycles. The minimum absolute atomic E-state index is 0.0411. The van der Waals surface area contributed by atoms with Crippen LogP contribution in [0.1, 0.15) is 35.8 Å². The number of esters is 1. The van der Waals surface area contributed by atoms with Gasteiger partial charge in [0, 0.05) is 11.8 Å². The van der Waals surface area contributed by atoms with Crippen molar-refractivity contribution < 1.29 is 22.7 Å². The molecular formula is C17H20N2O5S2. The lowest BCUT2D eigenvalue weighted by Crippen LogP contribution is -2.14. The van der Waals surface area contributed by atoms with Crippen LogP contribution in [0.15, 0.2) is 34.5 Å². The molecule has 9 heteroatoms. The lowest BCUT2D eigenvalue weighted by atomic mass is 10.2. The van der Waals surface area contributed by atoms with Gasteiger partial charge >= 0.3 is 5.97 Å². The summed E-state index contributed by atoms with van der Waals surface area (Å²) in [5, 5.41) is 4.33. The largest absolute Gasteiger partial charge is 0.461 e. The average molecular weight is 396 g/mol. The van der Waals surface area contributed by atoms with Crippen LogP contribution in [0.25, 0.3) is 0 Å². The summed E-state index contributed by atoms with van der Waals surface area (Å²) >= 11 is 1.11. The number of anilines is 1. The highest BCUT2D eigenvalue weighted by atomic mass is 32.2. The quantitative estimate of drug-likeness (QED) is 0.688. The number of hydrogen-bond donors (Lipinski definition) is 1. The Hall–Kier alpha value is -2.26. The number of carbonyl (C=O) groups is 2. The van der Waals surface area contributed by atoms with Crippen molar-refractivity contribution in [3.8, 4) is 0 Å². The van der Waals surface area contributed by atoms with Crippen LogP contribution in [-0.4, -0.2) is 37.6 Å². The number of thiazole rings is 1. The number of ether oxygens (including phenoxy) is 1. The van der Waals surface area contributed by atoms with Crippen LogP contribution in [0.2, 0.25) is 0 Å². The second-order valence-electron chi connectivity index (χ2n) is 5.54. The molecule has 0 radical (unpaired) electrons. The van der Waals surface area contributed by atoms with Gasteiger partial charge in [-0.3, -0.25) is 4.79 Å². The fraction of sp³-hybridized carbons (Fsp3) is 0.353. The van der Waals surface area contributed by atoms with Crippen molar-refractivity contribution in [3.05, 3.63) is 40.9 Å². The van der Waals surface area contributed by atoms with E-state index < -0.39 is 15.8 Å². The number of sulfone groups is 1. The van der Waals surface area contributed by atoms with Crippen LogP contribution in [0.3, 0.4) is 0 Å². The highest BCUT2D eigenvalue weighted by Crippen LogP contribution is 2.17. The first-order valence-corrected chi connectivity index (χ1v) is 10.6. The summed E-state index contributed by atoms with van der Waals surface area (Å²) in [7, 11) is -3.41. The van der Waals surface area contributed by atoms with Gasteiger partial charge in [0.15, 0.2) is 20.7 Å². The lowest BCUT2D eigenvalue weighted by Gasteiger charge is -2.05. The summed E-state index contributed by atoms with van der Waals surface area (Å²) in [6.07, 6.45) is 0.234. The topological polar surface area (TPSA) is 102 Å². The van der Waals surface area contributed by atoms with Gasteiger partial charge in [-0.05, 0) is 32.4 Å². The zero-order valence-corrected chi connectivity index (χ0v) is 16.2. The number of aryl methyl sites for hydroxylation is 1. The standard InChI is InChI=1S/C17H20N2O5S2/c1-3-24-16(21)14-11-25-17(18-14)19-15(20)5-4-10-26(22,23)13-8-6-12(2)7-9-13/h6-9,11H,3-5,10H2,1-2H3,(H,18,19,20). The monoisotopic (exact) mass is 396 g/mol. The van der Waals surface area contributed by atoms with Crippen LogP contribution in [-0.2, 0) is 19.4 Å². The molecule has 0 aliphatic carbocycles. The van der Waals surface area contributed by atoms with E-state index in [2.05, 4.69) is 10.3 Å². The molecule has 0 unspecified atom stereocenters. The molecule has 140 valence electrons. The third-order valence-electron chi connectivity index (χ3n) is 3.43. The van der Waals surface area contributed by atoms with Gasteiger partial charge in [-0.2, -0.15) is 0 Å². The van der Waals surface area contributed by atoms with E-state index in [9.17, 15) is 18.0 Å². The molecule has 1 N–H and O–H groups in total. The molecule has 0 fully saturated rings. The zero-order valence-electron chi connectivity index (χ0n) is 14.5. The Labute approximate surface area is 156 Å². The first kappa shape index (κ1) is 20.1. The third-order valence-corrected chi connectivity index (χ3v) is 6.01. The van der Waals surface area contributed by atoms with Gasteiger partial charge < -0.3 is 10.1 Å². The van der Waals surface area contributed by atoms with Crippen LogP contribution in [0, 0.1) is 6.92 Å². The molecule has 1 amide bonds. The van der Waals surface area contributed by atoms with E-state index in [0.717, 1.165) is 16.9 Å². The van der Waals surface area contributed by atoms with E-state index in [-0.39, 0.29) is 46.8 Å². The maximum absolute atomic E-state index is 12.2. The molecule has 0 spiro atoms. The van der Waals surface area contributed by atoms with Crippen molar-refractivity contribution in [1.82, 2.24) is 4.98 Å². The number of hydrogen-bond acceptors (Lipinski definition) is 7. The maximum Gasteiger partial charge on any atom is 0.357 e. The fourth-order valence-electron chi connectivity index (χ4n) is 2.10. The van der Waals surface area contributed by atoms with Crippen LogP contribution < -0.4 is 5.32 Å². The number of aromatic nitrogens is 1. The second-order valence-corrected chi connectivity index (χ2v) is 8.51. The van der Waals surface area contributed by atoms with Gasteiger partial charge in [0.25, 0.3) is 0 Å². The molecule has 2 rings (SSSR count). The average Bonchev–Trinajstić information content (AvgIpc) is 3.04. The van der Waals surface area contributed by atoms with Gasteiger partial charge in [0.1, 0.15) is 0 Å². The van der Waals surface area contributed by atoms with Crippen molar-refractivity contribution in [3.63, 3.8) is 0 Å². The van der Waals surface area contributed by atoms with Crippen molar-refractivity contribution in [2.75, 3.05) is 17.7 Å². The predicted molar refractivity (Wildman–Crippen MR) is 99.2 cm³/mol. The summed E-state index contributed by atoms with van der Waals surface area (Å²) < 4.78 is 29.3.